The summed E-state index contributed by atoms with van der Waals surface area (Å²) in [6.45, 7) is 2.63. The summed E-state index contributed by atoms with van der Waals surface area (Å²) in [4.78, 5) is 14.3. The minimum atomic E-state index is 0.0607. The van der Waals surface area contributed by atoms with Gasteiger partial charge in [-0.15, -0.1) is 0 Å². The van der Waals surface area contributed by atoms with Gasteiger partial charge in [-0.25, -0.2) is 5.43 Å². The molecular formula is C19H35N3O. The maximum atomic E-state index is 12.1. The summed E-state index contributed by atoms with van der Waals surface area (Å²) >= 11 is 0. The number of carbonyl (C=O) groups is 1. The summed E-state index contributed by atoms with van der Waals surface area (Å²) in [5, 5.41) is 4.47. The van der Waals surface area contributed by atoms with Crippen molar-refractivity contribution >= 4 is 11.6 Å². The zero-order valence-corrected chi connectivity index (χ0v) is 14.8. The third kappa shape index (κ3) is 8.50. The number of nitrogens with one attached hydrogen (secondary N) is 1. The van der Waals surface area contributed by atoms with Crippen molar-refractivity contribution in [3.05, 3.63) is 0 Å². The highest BCUT2D eigenvalue weighted by atomic mass is 16.2. The molecule has 0 aromatic carbocycles. The molecule has 23 heavy (non-hydrogen) atoms. The molecule has 2 rings (SSSR count). The van der Waals surface area contributed by atoms with Gasteiger partial charge in [0, 0.05) is 5.71 Å². The van der Waals surface area contributed by atoms with Crippen LogP contribution in [-0.2, 0) is 4.79 Å². The second kappa shape index (κ2) is 11.6. The maximum absolute atomic E-state index is 12.1. The Bertz CT molecular complexity index is 348. The molecule has 2 fully saturated rings. The van der Waals surface area contributed by atoms with E-state index in [1.807, 2.05) is 0 Å². The highest BCUT2D eigenvalue weighted by Crippen LogP contribution is 2.15. The van der Waals surface area contributed by atoms with Crippen molar-refractivity contribution in [1.29, 1.82) is 0 Å². The van der Waals surface area contributed by atoms with E-state index in [0.29, 0.717) is 6.54 Å². The highest BCUT2D eigenvalue weighted by molar-refractivity contribution is 5.86. The lowest BCUT2D eigenvalue weighted by atomic mass is 10.00. The first kappa shape index (κ1) is 18.4. The third-order valence-corrected chi connectivity index (χ3v) is 5.09. The van der Waals surface area contributed by atoms with E-state index < -0.39 is 0 Å². The van der Waals surface area contributed by atoms with Gasteiger partial charge in [-0.3, -0.25) is 9.69 Å². The third-order valence-electron chi connectivity index (χ3n) is 5.09. The molecule has 1 amide bonds. The highest BCUT2D eigenvalue weighted by Gasteiger charge is 2.13. The van der Waals surface area contributed by atoms with Gasteiger partial charge in [0.05, 0.1) is 6.54 Å². The average molecular weight is 322 g/mol. The van der Waals surface area contributed by atoms with E-state index in [1.165, 1.54) is 82.8 Å². The summed E-state index contributed by atoms with van der Waals surface area (Å²) in [6, 6.07) is 0. The van der Waals surface area contributed by atoms with Gasteiger partial charge in [0.15, 0.2) is 0 Å². The van der Waals surface area contributed by atoms with Gasteiger partial charge in [-0.1, -0.05) is 51.4 Å². The number of piperidine rings is 1. The number of nitrogens with zero attached hydrogens (tertiary/aromatic N) is 2. The second-order valence-corrected chi connectivity index (χ2v) is 7.23. The number of rotatable bonds is 3. The second-order valence-electron chi connectivity index (χ2n) is 7.23. The number of carbonyl (C=O) groups excluding carboxylic acids is 1. The molecule has 0 radical (unpaired) electrons. The van der Waals surface area contributed by atoms with E-state index in [0.717, 1.165) is 25.9 Å². The predicted molar refractivity (Wildman–Crippen MR) is 96.7 cm³/mol. The number of hydrogen-bond donors (Lipinski definition) is 1. The molecular weight excluding hydrogens is 286 g/mol. The molecule has 0 unspecified atom stereocenters. The molecule has 0 aromatic heterocycles. The van der Waals surface area contributed by atoms with Crippen LogP contribution in [0.3, 0.4) is 0 Å². The maximum Gasteiger partial charge on any atom is 0.254 e. The molecule has 1 aliphatic carbocycles. The fourth-order valence-corrected chi connectivity index (χ4v) is 3.63. The SMILES string of the molecule is O=C(CN1CCCCC1)NN=C1CCCCCCCCCCC1. The summed E-state index contributed by atoms with van der Waals surface area (Å²) in [7, 11) is 0. The lowest BCUT2D eigenvalue weighted by Crippen LogP contribution is -2.38. The lowest BCUT2D eigenvalue weighted by molar-refractivity contribution is -0.122. The van der Waals surface area contributed by atoms with Gasteiger partial charge >= 0.3 is 0 Å². The van der Waals surface area contributed by atoms with Crippen LogP contribution in [0.15, 0.2) is 5.10 Å². The summed E-state index contributed by atoms with van der Waals surface area (Å²) in [6.07, 6.45) is 17.8. The van der Waals surface area contributed by atoms with Crippen molar-refractivity contribution < 1.29 is 4.79 Å². The van der Waals surface area contributed by atoms with E-state index in [1.54, 1.807) is 0 Å². The van der Waals surface area contributed by atoms with Gasteiger partial charge in [0.2, 0.25) is 0 Å². The lowest BCUT2D eigenvalue weighted by Gasteiger charge is -2.25. The molecule has 1 aliphatic heterocycles. The van der Waals surface area contributed by atoms with Crippen LogP contribution in [-0.4, -0.2) is 36.2 Å². The van der Waals surface area contributed by atoms with Crippen LogP contribution in [0, 0.1) is 0 Å². The van der Waals surface area contributed by atoms with Crippen LogP contribution in [0.1, 0.15) is 89.9 Å². The molecule has 0 atom stereocenters. The van der Waals surface area contributed by atoms with Crippen molar-refractivity contribution in [3.63, 3.8) is 0 Å². The summed E-state index contributed by atoms with van der Waals surface area (Å²) in [5.41, 5.74) is 4.03. The molecule has 1 N–H and O–H groups in total. The number of amides is 1. The van der Waals surface area contributed by atoms with E-state index in [-0.39, 0.29) is 5.91 Å². The van der Waals surface area contributed by atoms with Crippen LogP contribution < -0.4 is 5.43 Å². The van der Waals surface area contributed by atoms with Crippen LogP contribution in [0.2, 0.25) is 0 Å². The van der Waals surface area contributed by atoms with Crippen molar-refractivity contribution in [1.82, 2.24) is 10.3 Å². The standard InChI is InChI=1S/C19H35N3O/c23-19(17-22-15-11-8-12-16-22)21-20-18-13-9-6-4-2-1-3-5-7-10-14-18/h1-17H2,(H,21,23). The Morgan fingerprint density at radius 2 is 1.26 bits per heavy atom. The molecule has 0 aromatic rings. The van der Waals surface area contributed by atoms with Gasteiger partial charge in [0.25, 0.3) is 5.91 Å². The van der Waals surface area contributed by atoms with Crippen LogP contribution in [0.25, 0.3) is 0 Å². The summed E-state index contributed by atoms with van der Waals surface area (Å²) in [5.74, 6) is 0.0607. The quantitative estimate of drug-likeness (QED) is 0.790. The van der Waals surface area contributed by atoms with Gasteiger partial charge in [-0.05, 0) is 51.6 Å². The van der Waals surface area contributed by atoms with E-state index in [2.05, 4.69) is 15.4 Å². The van der Waals surface area contributed by atoms with Crippen molar-refractivity contribution in [2.24, 2.45) is 5.10 Å². The molecule has 1 saturated carbocycles. The fourth-order valence-electron chi connectivity index (χ4n) is 3.63. The van der Waals surface area contributed by atoms with E-state index >= 15 is 0 Å². The fraction of sp³-hybridized carbons (Fsp3) is 0.895. The topological polar surface area (TPSA) is 44.7 Å². The summed E-state index contributed by atoms with van der Waals surface area (Å²) < 4.78 is 0. The number of hydrogen-bond acceptors (Lipinski definition) is 3. The van der Waals surface area contributed by atoms with Gasteiger partial charge in [0.1, 0.15) is 0 Å². The number of likely N-dealkylation sites (tertiary alicyclic amines) is 1. The molecule has 1 heterocycles. The molecule has 1 saturated heterocycles. The Morgan fingerprint density at radius 1 is 0.783 bits per heavy atom. The Kier molecular flexibility index (Phi) is 9.31. The molecule has 2 aliphatic rings. The Labute approximate surface area is 142 Å². The molecule has 4 nitrogen and oxygen atoms in total. The van der Waals surface area contributed by atoms with Gasteiger partial charge < -0.3 is 0 Å². The minimum Gasteiger partial charge on any atom is -0.294 e. The Balaban J connectivity index is 1.73. The number of hydrazone groups is 1. The van der Waals surface area contributed by atoms with Crippen LogP contribution >= 0.6 is 0 Å². The molecule has 132 valence electrons. The zero-order valence-electron chi connectivity index (χ0n) is 14.8. The van der Waals surface area contributed by atoms with E-state index in [4.69, 9.17) is 0 Å². The van der Waals surface area contributed by atoms with Gasteiger partial charge in [-0.2, -0.15) is 5.10 Å². The first-order chi connectivity index (χ1) is 11.3. The minimum absolute atomic E-state index is 0.0607. The largest absolute Gasteiger partial charge is 0.294 e. The molecule has 0 bridgehead atoms. The molecule has 4 heteroatoms. The van der Waals surface area contributed by atoms with Crippen LogP contribution in [0.5, 0.6) is 0 Å². The van der Waals surface area contributed by atoms with Crippen molar-refractivity contribution in [3.8, 4) is 0 Å². The van der Waals surface area contributed by atoms with Crippen molar-refractivity contribution in [2.45, 2.75) is 89.9 Å². The molecule has 0 spiro atoms. The van der Waals surface area contributed by atoms with Crippen LogP contribution in [0.4, 0.5) is 0 Å². The van der Waals surface area contributed by atoms with E-state index in [9.17, 15) is 4.79 Å². The first-order valence-corrected chi connectivity index (χ1v) is 9.91. The predicted octanol–water partition coefficient (Wildman–Crippen LogP) is 4.25. The monoisotopic (exact) mass is 321 g/mol. The smallest absolute Gasteiger partial charge is 0.254 e. The first-order valence-electron chi connectivity index (χ1n) is 9.91. The Hall–Kier alpha value is -0.900. The average Bonchev–Trinajstić information content (AvgIpc) is 2.55. The Morgan fingerprint density at radius 3 is 1.83 bits per heavy atom. The van der Waals surface area contributed by atoms with Crippen molar-refractivity contribution in [2.75, 3.05) is 19.6 Å². The normalized spacial score (nSPS) is 22.7. The zero-order chi connectivity index (χ0) is 16.2.